The number of phenols is 1. The minimum absolute atomic E-state index is 0.155. The molecule has 3 aromatic rings. The maximum absolute atomic E-state index is 12.9. The van der Waals surface area contributed by atoms with E-state index >= 15 is 0 Å². The van der Waals surface area contributed by atoms with E-state index < -0.39 is 34.4 Å². The fraction of sp³-hybridized carbons (Fsp3) is 0.211. The predicted molar refractivity (Wildman–Crippen MR) is 121 cm³/mol. The molecule has 12 nitrogen and oxygen atoms in total. The predicted octanol–water partition coefficient (Wildman–Crippen LogP) is 1.31. The molecule has 1 amide bonds. The highest BCUT2D eigenvalue weighted by molar-refractivity contribution is 7.88. The van der Waals surface area contributed by atoms with Gasteiger partial charge in [-0.05, 0) is 54.5 Å². The zero-order valence-corrected chi connectivity index (χ0v) is 19.1. The lowest BCUT2D eigenvalue weighted by molar-refractivity contribution is -0.138. The maximum Gasteiger partial charge on any atom is 0.312 e. The van der Waals surface area contributed by atoms with Crippen molar-refractivity contribution in [2.75, 3.05) is 18.1 Å². The number of carbonyl (C=O) groups excluding carboxylic acids is 1. The lowest BCUT2D eigenvalue weighted by atomic mass is 9.94. The van der Waals surface area contributed by atoms with Gasteiger partial charge in [-0.25, -0.2) is 17.8 Å². The molecule has 3 rings (SSSR count). The first-order valence-corrected chi connectivity index (χ1v) is 11.7. The van der Waals surface area contributed by atoms with Crippen molar-refractivity contribution in [2.45, 2.75) is 12.8 Å². The first kappa shape index (κ1) is 24.0. The standard InChI is InChI=1S/C19H20N6O6S2/c1-10-6-11(15(18(28)29)9-20-33(2,30)31)7-14(16(10)26)17(27)21-12-4-3-5-13(8-12)25-19(32)22-23-24-25/h3-8,15,20,26H,9H2,1-2H3,(H,21,27)(H,28,29)(H,22,24,32). The van der Waals surface area contributed by atoms with Crippen LogP contribution >= 0.6 is 12.2 Å². The highest BCUT2D eigenvalue weighted by atomic mass is 32.2. The topological polar surface area (TPSA) is 179 Å². The molecule has 0 aliphatic heterocycles. The SMILES string of the molecule is Cc1cc(C(CNS(C)(=O)=O)C(=O)O)cc(C(=O)Nc2cccc(-n3[nH]nnc3=S)c2)c1O. The molecule has 0 spiro atoms. The average molecular weight is 493 g/mol. The summed E-state index contributed by atoms with van der Waals surface area (Å²) in [5.41, 5.74) is 1.16. The van der Waals surface area contributed by atoms with Gasteiger partial charge in [0.1, 0.15) is 5.75 Å². The van der Waals surface area contributed by atoms with E-state index in [0.29, 0.717) is 11.4 Å². The number of aliphatic carboxylic acids is 1. The number of hydrogen-bond donors (Lipinski definition) is 5. The van der Waals surface area contributed by atoms with Crippen molar-refractivity contribution < 1.29 is 28.2 Å². The lowest BCUT2D eigenvalue weighted by Gasteiger charge is -2.17. The smallest absolute Gasteiger partial charge is 0.312 e. The molecule has 0 aliphatic rings. The largest absolute Gasteiger partial charge is 0.507 e. The molecular formula is C19H20N6O6S2. The van der Waals surface area contributed by atoms with Crippen LogP contribution in [0.3, 0.4) is 0 Å². The van der Waals surface area contributed by atoms with Gasteiger partial charge >= 0.3 is 5.97 Å². The molecule has 5 N–H and O–H groups in total. The van der Waals surface area contributed by atoms with E-state index in [1.165, 1.54) is 23.7 Å². The van der Waals surface area contributed by atoms with Gasteiger partial charge < -0.3 is 15.5 Å². The van der Waals surface area contributed by atoms with Crippen molar-refractivity contribution in [3.63, 3.8) is 0 Å². The highest BCUT2D eigenvalue weighted by Crippen LogP contribution is 2.29. The van der Waals surface area contributed by atoms with Crippen molar-refractivity contribution in [2.24, 2.45) is 0 Å². The molecule has 1 atom stereocenters. The van der Waals surface area contributed by atoms with Crippen LogP contribution in [0, 0.1) is 11.7 Å². The van der Waals surface area contributed by atoms with Gasteiger partial charge in [0.15, 0.2) is 0 Å². The van der Waals surface area contributed by atoms with Crippen LogP contribution in [0.15, 0.2) is 36.4 Å². The minimum atomic E-state index is -3.63. The van der Waals surface area contributed by atoms with Crippen LogP contribution in [0.5, 0.6) is 5.75 Å². The Balaban J connectivity index is 1.92. The van der Waals surface area contributed by atoms with Gasteiger partial charge in [-0.3, -0.25) is 9.59 Å². The summed E-state index contributed by atoms with van der Waals surface area (Å²) >= 11 is 5.06. The zero-order valence-electron chi connectivity index (χ0n) is 17.4. The van der Waals surface area contributed by atoms with Crippen LogP contribution in [-0.2, 0) is 14.8 Å². The number of aromatic nitrogens is 4. The van der Waals surface area contributed by atoms with Gasteiger partial charge in [-0.1, -0.05) is 22.4 Å². The summed E-state index contributed by atoms with van der Waals surface area (Å²) in [5, 5.41) is 32.5. The average Bonchev–Trinajstić information content (AvgIpc) is 3.15. The number of aryl methyl sites for hydroxylation is 1. The van der Waals surface area contributed by atoms with Gasteiger partial charge in [-0.15, -0.1) is 0 Å². The van der Waals surface area contributed by atoms with Crippen molar-refractivity contribution >= 4 is 39.8 Å². The number of aromatic amines is 1. The summed E-state index contributed by atoms with van der Waals surface area (Å²) < 4.78 is 26.5. The fourth-order valence-corrected chi connectivity index (χ4v) is 3.71. The molecule has 1 unspecified atom stereocenters. The minimum Gasteiger partial charge on any atom is -0.507 e. The Labute approximate surface area is 193 Å². The van der Waals surface area contributed by atoms with Crippen molar-refractivity contribution in [3.8, 4) is 11.4 Å². The third-order valence-corrected chi connectivity index (χ3v) is 5.61. The maximum atomic E-state index is 12.9. The first-order valence-electron chi connectivity index (χ1n) is 9.39. The Morgan fingerprint density at radius 3 is 2.61 bits per heavy atom. The third kappa shape index (κ3) is 5.79. The summed E-state index contributed by atoms with van der Waals surface area (Å²) in [7, 11) is -3.63. The molecule has 0 bridgehead atoms. The van der Waals surface area contributed by atoms with Crippen LogP contribution in [0.4, 0.5) is 5.69 Å². The van der Waals surface area contributed by atoms with E-state index in [4.69, 9.17) is 12.2 Å². The number of nitrogens with one attached hydrogen (secondary N) is 3. The van der Waals surface area contributed by atoms with E-state index in [1.807, 2.05) is 0 Å². The van der Waals surface area contributed by atoms with E-state index in [2.05, 4.69) is 25.6 Å². The van der Waals surface area contributed by atoms with E-state index in [0.717, 1.165) is 6.26 Å². The second kappa shape index (κ2) is 9.48. The van der Waals surface area contributed by atoms with Crippen LogP contribution in [0.2, 0.25) is 0 Å². The van der Waals surface area contributed by atoms with Gasteiger partial charge in [0.25, 0.3) is 5.91 Å². The number of hydrogen-bond acceptors (Lipinski definition) is 8. The second-order valence-corrected chi connectivity index (χ2v) is 9.37. The number of anilines is 1. The van der Waals surface area contributed by atoms with Gasteiger partial charge in [0.2, 0.25) is 14.8 Å². The first-order chi connectivity index (χ1) is 15.5. The molecule has 0 radical (unpaired) electrons. The van der Waals surface area contributed by atoms with Crippen molar-refractivity contribution in [3.05, 3.63) is 57.9 Å². The van der Waals surface area contributed by atoms with Gasteiger partial charge in [-0.2, -0.15) is 5.21 Å². The summed E-state index contributed by atoms with van der Waals surface area (Å²) in [6.07, 6.45) is 0.910. The molecule has 0 aliphatic carbocycles. The summed E-state index contributed by atoms with van der Waals surface area (Å²) in [6, 6.07) is 9.18. The van der Waals surface area contributed by atoms with Gasteiger partial charge in [0.05, 0.1) is 23.4 Å². The Morgan fingerprint density at radius 2 is 2.00 bits per heavy atom. The summed E-state index contributed by atoms with van der Waals surface area (Å²) in [6.45, 7) is 1.09. The molecular weight excluding hydrogens is 472 g/mol. The van der Waals surface area contributed by atoms with Crippen LogP contribution in [0.1, 0.15) is 27.4 Å². The lowest BCUT2D eigenvalue weighted by Crippen LogP contribution is -2.31. The van der Waals surface area contributed by atoms with E-state index in [9.17, 15) is 28.2 Å². The summed E-state index contributed by atoms with van der Waals surface area (Å²) in [4.78, 5) is 24.7. The van der Waals surface area contributed by atoms with Crippen LogP contribution in [-0.4, -0.2) is 63.5 Å². The molecule has 2 aromatic carbocycles. The molecule has 33 heavy (non-hydrogen) atoms. The van der Waals surface area contributed by atoms with Crippen molar-refractivity contribution in [1.29, 1.82) is 0 Å². The van der Waals surface area contributed by atoms with Crippen LogP contribution < -0.4 is 10.0 Å². The molecule has 0 fully saturated rings. The number of H-pyrrole nitrogens is 1. The number of carboxylic acid groups (broad SMARTS) is 1. The fourth-order valence-electron chi connectivity index (χ4n) is 3.05. The molecule has 174 valence electrons. The Morgan fingerprint density at radius 1 is 1.27 bits per heavy atom. The number of phenolic OH excluding ortho intramolecular Hbond substituents is 1. The molecule has 1 aromatic heterocycles. The number of amides is 1. The molecule has 14 heteroatoms. The number of rotatable bonds is 8. The molecule has 0 saturated heterocycles. The third-order valence-electron chi connectivity index (χ3n) is 4.65. The Kier molecular flexibility index (Phi) is 6.90. The number of sulfonamides is 1. The summed E-state index contributed by atoms with van der Waals surface area (Å²) in [5.74, 6) is -3.59. The monoisotopic (exact) mass is 492 g/mol. The quantitative estimate of drug-likeness (QED) is 0.290. The van der Waals surface area contributed by atoms with Gasteiger partial charge in [0, 0.05) is 12.2 Å². The Hall–Kier alpha value is -3.62. The number of tetrazole rings is 1. The Bertz CT molecular complexity index is 1380. The highest BCUT2D eigenvalue weighted by Gasteiger charge is 2.25. The number of benzene rings is 2. The number of carbonyl (C=O) groups is 2. The van der Waals surface area contributed by atoms with Crippen molar-refractivity contribution in [1.82, 2.24) is 24.9 Å². The number of aromatic hydroxyl groups is 1. The number of carboxylic acids is 1. The van der Waals surface area contributed by atoms with E-state index in [-0.39, 0.29) is 27.2 Å². The van der Waals surface area contributed by atoms with Crippen LogP contribution in [0.25, 0.3) is 5.69 Å². The molecule has 0 saturated carbocycles. The number of nitrogens with zero attached hydrogens (tertiary/aromatic N) is 3. The zero-order chi connectivity index (χ0) is 24.3. The second-order valence-electron chi connectivity index (χ2n) is 7.17. The van der Waals surface area contributed by atoms with E-state index in [1.54, 1.807) is 24.3 Å². The molecule has 1 heterocycles. The normalized spacial score (nSPS) is 12.3.